The van der Waals surface area contributed by atoms with Crippen LogP contribution in [-0.4, -0.2) is 108 Å². The molecule has 2 rings (SSSR count). The third kappa shape index (κ3) is 8.48. The number of guanidine groups is 1. The van der Waals surface area contributed by atoms with Crippen molar-refractivity contribution in [1.82, 2.24) is 15.1 Å². The first kappa shape index (κ1) is 24.4. The number of rotatable bonds is 7. The monoisotopic (exact) mass is 518 g/mol. The van der Waals surface area contributed by atoms with Crippen LogP contribution in [0.2, 0.25) is 0 Å². The third-order valence-electron chi connectivity index (χ3n) is 4.44. The second kappa shape index (κ2) is 12.0. The van der Waals surface area contributed by atoms with Crippen molar-refractivity contribution < 1.29 is 22.7 Å². The lowest BCUT2D eigenvalue weighted by molar-refractivity contribution is -0.142. The summed E-state index contributed by atoms with van der Waals surface area (Å²) in [6, 6.07) is 0. The highest BCUT2D eigenvalue weighted by Crippen LogP contribution is 2.16. The minimum absolute atomic E-state index is 0. The van der Waals surface area contributed by atoms with E-state index >= 15 is 0 Å². The summed E-state index contributed by atoms with van der Waals surface area (Å²) in [6.07, 6.45) is 2.71. The van der Waals surface area contributed by atoms with Crippen molar-refractivity contribution in [3.63, 3.8) is 0 Å². The average Bonchev–Trinajstić information content (AvgIpc) is 3.14. The zero-order valence-electron chi connectivity index (χ0n) is 16.1. The summed E-state index contributed by atoms with van der Waals surface area (Å²) in [5.74, 6) is 0.896. The number of hydrogen-bond acceptors (Lipinski definition) is 6. The molecule has 2 aliphatic heterocycles. The van der Waals surface area contributed by atoms with Gasteiger partial charge < -0.3 is 24.6 Å². The van der Waals surface area contributed by atoms with E-state index in [1.165, 1.54) is 6.26 Å². The Hall–Kier alpha value is -0.660. The summed E-state index contributed by atoms with van der Waals surface area (Å²) < 4.78 is 32.8. The lowest BCUT2D eigenvalue weighted by Gasteiger charge is -2.37. The van der Waals surface area contributed by atoms with Gasteiger partial charge in [-0.3, -0.25) is 9.79 Å². The van der Waals surface area contributed by atoms with Gasteiger partial charge in [0.2, 0.25) is 0 Å². The Kier molecular flexibility index (Phi) is 10.9. The van der Waals surface area contributed by atoms with Gasteiger partial charge in [-0.05, 0) is 12.8 Å². The van der Waals surface area contributed by atoms with Crippen LogP contribution in [0.3, 0.4) is 0 Å². The topological polar surface area (TPSA) is 101 Å². The molecule has 1 amide bonds. The van der Waals surface area contributed by atoms with E-state index < -0.39 is 9.84 Å². The Bertz CT molecular complexity index is 588. The first-order valence-electron chi connectivity index (χ1n) is 9.02. The number of aliphatic imine (C=N–C) groups is 1. The number of halogens is 1. The summed E-state index contributed by atoms with van der Waals surface area (Å²) in [6.45, 7) is 4.58. The van der Waals surface area contributed by atoms with E-state index in [0.717, 1.165) is 18.8 Å². The molecule has 0 bridgehead atoms. The Morgan fingerprint density at radius 3 is 2.44 bits per heavy atom. The van der Waals surface area contributed by atoms with Crippen molar-refractivity contribution in [3.8, 4) is 0 Å². The minimum atomic E-state index is -2.99. The van der Waals surface area contributed by atoms with Gasteiger partial charge in [0.15, 0.2) is 5.96 Å². The molecular formula is C16H31IN4O5S. The maximum atomic E-state index is 12.4. The lowest BCUT2D eigenvalue weighted by Crippen LogP contribution is -2.55. The number of carbonyl (C=O) groups excluding carboxylic acids is 1. The molecule has 0 radical (unpaired) electrons. The van der Waals surface area contributed by atoms with E-state index in [1.807, 2.05) is 4.90 Å². The van der Waals surface area contributed by atoms with Crippen LogP contribution in [0.15, 0.2) is 4.99 Å². The van der Waals surface area contributed by atoms with Crippen LogP contribution in [0.1, 0.15) is 12.8 Å². The van der Waals surface area contributed by atoms with Gasteiger partial charge in [0.1, 0.15) is 15.9 Å². The van der Waals surface area contributed by atoms with Crippen LogP contribution < -0.4 is 5.32 Å². The molecule has 11 heteroatoms. The van der Waals surface area contributed by atoms with Gasteiger partial charge >= 0.3 is 0 Å². The zero-order chi connectivity index (χ0) is 19.0. The molecule has 1 N–H and O–H groups in total. The van der Waals surface area contributed by atoms with Crippen LogP contribution in [0.25, 0.3) is 0 Å². The molecule has 2 fully saturated rings. The second-order valence-corrected chi connectivity index (χ2v) is 8.79. The number of piperazine rings is 1. The minimum Gasteiger partial charge on any atom is -0.379 e. The van der Waals surface area contributed by atoms with Gasteiger partial charge in [-0.25, -0.2) is 8.42 Å². The molecule has 27 heavy (non-hydrogen) atoms. The van der Waals surface area contributed by atoms with Crippen LogP contribution >= 0.6 is 24.0 Å². The van der Waals surface area contributed by atoms with E-state index in [-0.39, 0.29) is 48.3 Å². The predicted octanol–water partition coefficient (Wildman–Crippen LogP) is -0.436. The normalized spacial score (nSPS) is 21.1. The fourth-order valence-electron chi connectivity index (χ4n) is 2.99. The largest absolute Gasteiger partial charge is 0.379 e. The molecule has 1 atom stereocenters. The molecule has 2 saturated heterocycles. The van der Waals surface area contributed by atoms with Crippen molar-refractivity contribution in [3.05, 3.63) is 0 Å². The smallest absolute Gasteiger partial charge is 0.251 e. The molecule has 0 spiro atoms. The Morgan fingerprint density at radius 1 is 1.22 bits per heavy atom. The van der Waals surface area contributed by atoms with Crippen molar-refractivity contribution in [2.45, 2.75) is 18.9 Å². The highest BCUT2D eigenvalue weighted by atomic mass is 127. The molecule has 2 aliphatic rings. The lowest BCUT2D eigenvalue weighted by atomic mass is 10.2. The van der Waals surface area contributed by atoms with E-state index in [4.69, 9.17) is 9.47 Å². The van der Waals surface area contributed by atoms with Gasteiger partial charge in [-0.2, -0.15) is 0 Å². The van der Waals surface area contributed by atoms with Crippen LogP contribution in [0.5, 0.6) is 0 Å². The van der Waals surface area contributed by atoms with Crippen molar-refractivity contribution >= 4 is 45.7 Å². The van der Waals surface area contributed by atoms with Gasteiger partial charge in [0.25, 0.3) is 5.91 Å². The number of amides is 1. The molecule has 0 aromatic heterocycles. The average molecular weight is 518 g/mol. The van der Waals surface area contributed by atoms with Gasteiger partial charge in [0.05, 0.1) is 19.0 Å². The number of nitrogens with one attached hydrogen (secondary N) is 1. The summed E-state index contributed by atoms with van der Waals surface area (Å²) in [5, 5.41) is 3.21. The number of carbonyl (C=O) groups is 1. The molecule has 2 heterocycles. The molecule has 158 valence electrons. The highest BCUT2D eigenvalue weighted by Gasteiger charge is 2.30. The molecule has 0 saturated carbocycles. The zero-order valence-corrected chi connectivity index (χ0v) is 19.2. The summed E-state index contributed by atoms with van der Waals surface area (Å²) >= 11 is 0. The fraction of sp³-hybridized carbons (Fsp3) is 0.875. The van der Waals surface area contributed by atoms with Crippen LogP contribution in [-0.2, 0) is 24.1 Å². The summed E-state index contributed by atoms with van der Waals surface area (Å²) in [5.41, 5.74) is 0. The van der Waals surface area contributed by atoms with Crippen molar-refractivity contribution in [1.29, 1.82) is 0 Å². The van der Waals surface area contributed by atoms with Crippen molar-refractivity contribution in [2.24, 2.45) is 4.99 Å². The van der Waals surface area contributed by atoms with E-state index in [9.17, 15) is 13.2 Å². The standard InChI is InChI=1S/C16H30N4O5S.HI/c1-17-16(18-5-11-24-12-13-26(2,22)23)20-8-6-19(7-9-20)15(21)14-4-3-10-25-14;/h14H,3-13H2,1-2H3,(H,17,18);1H. The fourth-order valence-corrected chi connectivity index (χ4v) is 3.41. The quantitative estimate of drug-likeness (QED) is 0.211. The van der Waals surface area contributed by atoms with Gasteiger partial charge in [-0.15, -0.1) is 24.0 Å². The van der Waals surface area contributed by atoms with E-state index in [1.54, 1.807) is 7.05 Å². The van der Waals surface area contributed by atoms with Crippen LogP contribution in [0.4, 0.5) is 0 Å². The number of nitrogens with zero attached hydrogens (tertiary/aromatic N) is 3. The first-order chi connectivity index (χ1) is 12.4. The number of ether oxygens (including phenoxy) is 2. The van der Waals surface area contributed by atoms with Gasteiger partial charge in [0, 0.05) is 52.6 Å². The molecule has 1 unspecified atom stereocenters. The summed E-state index contributed by atoms with van der Waals surface area (Å²) in [7, 11) is -1.27. The van der Waals surface area contributed by atoms with Crippen LogP contribution in [0, 0.1) is 0 Å². The SMILES string of the molecule is CN=C(NCCOCCS(C)(=O)=O)N1CCN(C(=O)C2CCCO2)CC1.I. The third-order valence-corrected chi connectivity index (χ3v) is 5.34. The number of sulfone groups is 1. The van der Waals surface area contributed by atoms with E-state index in [2.05, 4.69) is 15.2 Å². The van der Waals surface area contributed by atoms with Gasteiger partial charge in [-0.1, -0.05) is 0 Å². The highest BCUT2D eigenvalue weighted by molar-refractivity contribution is 14.0. The predicted molar refractivity (Wildman–Crippen MR) is 114 cm³/mol. The molecular weight excluding hydrogens is 487 g/mol. The first-order valence-corrected chi connectivity index (χ1v) is 11.1. The Morgan fingerprint density at radius 2 is 1.89 bits per heavy atom. The summed E-state index contributed by atoms with van der Waals surface area (Å²) in [4.78, 5) is 20.6. The Labute approximate surface area is 178 Å². The maximum Gasteiger partial charge on any atom is 0.251 e. The number of hydrogen-bond donors (Lipinski definition) is 1. The molecule has 0 aliphatic carbocycles. The molecule has 0 aromatic rings. The maximum absolute atomic E-state index is 12.4. The van der Waals surface area contributed by atoms with Crippen molar-refractivity contribution in [2.75, 3.05) is 71.6 Å². The van der Waals surface area contributed by atoms with E-state index in [0.29, 0.717) is 45.9 Å². The molecule has 9 nitrogen and oxygen atoms in total. The second-order valence-electron chi connectivity index (χ2n) is 6.53. The Balaban J connectivity index is 0.00000364. The molecule has 0 aromatic carbocycles.